The summed E-state index contributed by atoms with van der Waals surface area (Å²) in [4.78, 5) is 32.9. The van der Waals surface area contributed by atoms with E-state index in [1.54, 1.807) is 24.1 Å². The Labute approximate surface area is 148 Å². The standard InChI is InChI=1S/C20H23N3O2/c1-15-9-12-23(13-10-15)19(24)16-8-11-21-18(14-16)20(25)22(2)17-6-4-3-5-7-17/h3-8,11,14-15H,9-10,12-13H2,1-2H3. The van der Waals surface area contributed by atoms with Gasteiger partial charge in [0.15, 0.2) is 0 Å². The number of benzene rings is 1. The number of likely N-dealkylation sites (tertiary alicyclic amines) is 1. The van der Waals surface area contributed by atoms with E-state index in [2.05, 4.69) is 11.9 Å². The van der Waals surface area contributed by atoms with Crippen molar-refractivity contribution in [2.75, 3.05) is 25.0 Å². The quantitative estimate of drug-likeness (QED) is 0.864. The first-order chi connectivity index (χ1) is 12.1. The fourth-order valence-electron chi connectivity index (χ4n) is 3.02. The Morgan fingerprint density at radius 2 is 1.80 bits per heavy atom. The van der Waals surface area contributed by atoms with Gasteiger partial charge in [-0.05, 0) is 43.0 Å². The van der Waals surface area contributed by atoms with Gasteiger partial charge >= 0.3 is 0 Å². The molecule has 0 bridgehead atoms. The third-order valence-electron chi connectivity index (χ3n) is 4.74. The molecule has 130 valence electrons. The number of rotatable bonds is 3. The second-order valence-corrected chi connectivity index (χ2v) is 6.60. The molecule has 3 rings (SSSR count). The summed E-state index contributed by atoms with van der Waals surface area (Å²) in [5.41, 5.74) is 1.59. The summed E-state index contributed by atoms with van der Waals surface area (Å²) in [5, 5.41) is 0. The molecular formula is C20H23N3O2. The van der Waals surface area contributed by atoms with E-state index >= 15 is 0 Å². The fourth-order valence-corrected chi connectivity index (χ4v) is 3.02. The molecule has 0 aliphatic carbocycles. The lowest BCUT2D eigenvalue weighted by Crippen LogP contribution is -2.38. The summed E-state index contributed by atoms with van der Waals surface area (Å²) < 4.78 is 0. The first-order valence-electron chi connectivity index (χ1n) is 8.64. The lowest BCUT2D eigenvalue weighted by Gasteiger charge is -2.30. The largest absolute Gasteiger partial charge is 0.339 e. The van der Waals surface area contributed by atoms with E-state index in [0.29, 0.717) is 11.5 Å². The molecule has 1 fully saturated rings. The number of hydrogen-bond acceptors (Lipinski definition) is 3. The predicted molar refractivity (Wildman–Crippen MR) is 97.7 cm³/mol. The number of para-hydroxylation sites is 1. The molecule has 0 saturated carbocycles. The van der Waals surface area contributed by atoms with E-state index in [-0.39, 0.29) is 17.5 Å². The highest BCUT2D eigenvalue weighted by Gasteiger charge is 2.23. The van der Waals surface area contributed by atoms with Crippen LogP contribution in [0.2, 0.25) is 0 Å². The number of carbonyl (C=O) groups is 2. The topological polar surface area (TPSA) is 53.5 Å². The van der Waals surface area contributed by atoms with Gasteiger partial charge < -0.3 is 9.80 Å². The van der Waals surface area contributed by atoms with Gasteiger partial charge in [0, 0.05) is 37.6 Å². The summed E-state index contributed by atoms with van der Waals surface area (Å²) in [6.45, 7) is 3.76. The molecule has 0 N–H and O–H groups in total. The van der Waals surface area contributed by atoms with Crippen molar-refractivity contribution in [2.24, 2.45) is 5.92 Å². The van der Waals surface area contributed by atoms with Gasteiger partial charge in [-0.25, -0.2) is 0 Å². The van der Waals surface area contributed by atoms with Crippen LogP contribution >= 0.6 is 0 Å². The van der Waals surface area contributed by atoms with E-state index in [1.165, 1.54) is 6.20 Å². The van der Waals surface area contributed by atoms with Crippen LogP contribution in [-0.4, -0.2) is 41.8 Å². The van der Waals surface area contributed by atoms with Crippen LogP contribution in [0.3, 0.4) is 0 Å². The Kier molecular flexibility index (Phi) is 5.12. The Balaban J connectivity index is 1.77. The summed E-state index contributed by atoms with van der Waals surface area (Å²) in [6.07, 6.45) is 3.59. The average Bonchev–Trinajstić information content (AvgIpc) is 2.67. The summed E-state index contributed by atoms with van der Waals surface area (Å²) in [6, 6.07) is 12.7. The zero-order valence-electron chi connectivity index (χ0n) is 14.7. The third-order valence-corrected chi connectivity index (χ3v) is 4.74. The number of piperidine rings is 1. The van der Waals surface area contributed by atoms with Gasteiger partial charge in [-0.15, -0.1) is 0 Å². The Morgan fingerprint density at radius 3 is 2.48 bits per heavy atom. The second-order valence-electron chi connectivity index (χ2n) is 6.60. The first kappa shape index (κ1) is 17.1. The molecule has 0 spiro atoms. The van der Waals surface area contributed by atoms with Crippen LogP contribution in [0.15, 0.2) is 48.7 Å². The smallest absolute Gasteiger partial charge is 0.276 e. The molecule has 25 heavy (non-hydrogen) atoms. The normalized spacial score (nSPS) is 15.0. The molecule has 1 aliphatic rings. The van der Waals surface area contributed by atoms with Gasteiger partial charge in [-0.1, -0.05) is 25.1 Å². The number of anilines is 1. The average molecular weight is 337 g/mol. The van der Waals surface area contributed by atoms with Gasteiger partial charge in [0.1, 0.15) is 5.69 Å². The van der Waals surface area contributed by atoms with Crippen LogP contribution < -0.4 is 4.90 Å². The van der Waals surface area contributed by atoms with Crippen molar-refractivity contribution >= 4 is 17.5 Å². The van der Waals surface area contributed by atoms with E-state index in [4.69, 9.17) is 0 Å². The fraction of sp³-hybridized carbons (Fsp3) is 0.350. The van der Waals surface area contributed by atoms with Crippen molar-refractivity contribution in [3.63, 3.8) is 0 Å². The Hall–Kier alpha value is -2.69. The molecule has 0 unspecified atom stereocenters. The van der Waals surface area contributed by atoms with Crippen molar-refractivity contribution in [1.29, 1.82) is 0 Å². The molecule has 2 amide bonds. The number of hydrogen-bond donors (Lipinski definition) is 0. The molecular weight excluding hydrogens is 314 g/mol. The molecule has 1 saturated heterocycles. The molecule has 1 aromatic heterocycles. The van der Waals surface area contributed by atoms with Crippen LogP contribution in [0.4, 0.5) is 5.69 Å². The number of carbonyl (C=O) groups excluding carboxylic acids is 2. The minimum atomic E-state index is -0.229. The number of aromatic nitrogens is 1. The molecule has 1 aliphatic heterocycles. The monoisotopic (exact) mass is 337 g/mol. The van der Waals surface area contributed by atoms with E-state index in [0.717, 1.165) is 31.6 Å². The predicted octanol–water partition coefficient (Wildman–Crippen LogP) is 3.23. The SMILES string of the molecule is CC1CCN(C(=O)c2ccnc(C(=O)N(C)c3ccccc3)c2)CC1. The minimum absolute atomic E-state index is 0.0225. The lowest BCUT2D eigenvalue weighted by atomic mass is 9.98. The zero-order valence-corrected chi connectivity index (χ0v) is 14.7. The molecule has 5 nitrogen and oxygen atoms in total. The molecule has 5 heteroatoms. The summed E-state index contributed by atoms with van der Waals surface area (Å²) >= 11 is 0. The molecule has 2 heterocycles. The zero-order chi connectivity index (χ0) is 17.8. The highest BCUT2D eigenvalue weighted by molar-refractivity contribution is 6.06. The molecule has 2 aromatic rings. The Morgan fingerprint density at radius 1 is 1.12 bits per heavy atom. The third kappa shape index (κ3) is 3.87. The van der Waals surface area contributed by atoms with Crippen LogP contribution in [-0.2, 0) is 0 Å². The second kappa shape index (κ2) is 7.47. The van der Waals surface area contributed by atoms with Gasteiger partial charge in [0.2, 0.25) is 0 Å². The maximum atomic E-state index is 12.7. The van der Waals surface area contributed by atoms with Gasteiger partial charge in [0.25, 0.3) is 11.8 Å². The van der Waals surface area contributed by atoms with Gasteiger partial charge in [-0.3, -0.25) is 14.6 Å². The van der Waals surface area contributed by atoms with E-state index in [9.17, 15) is 9.59 Å². The maximum absolute atomic E-state index is 12.7. The lowest BCUT2D eigenvalue weighted by molar-refractivity contribution is 0.0697. The van der Waals surface area contributed by atoms with Crippen molar-refractivity contribution in [2.45, 2.75) is 19.8 Å². The van der Waals surface area contributed by atoms with Crippen molar-refractivity contribution in [3.8, 4) is 0 Å². The maximum Gasteiger partial charge on any atom is 0.276 e. The minimum Gasteiger partial charge on any atom is -0.339 e. The number of pyridine rings is 1. The Bertz CT molecular complexity index is 753. The number of amides is 2. The van der Waals surface area contributed by atoms with Crippen LogP contribution in [0.25, 0.3) is 0 Å². The van der Waals surface area contributed by atoms with Crippen molar-refractivity contribution in [1.82, 2.24) is 9.88 Å². The van der Waals surface area contributed by atoms with E-state index in [1.807, 2.05) is 35.2 Å². The van der Waals surface area contributed by atoms with Crippen molar-refractivity contribution < 1.29 is 9.59 Å². The molecule has 0 radical (unpaired) electrons. The summed E-state index contributed by atoms with van der Waals surface area (Å²) in [7, 11) is 1.71. The van der Waals surface area contributed by atoms with Crippen LogP contribution in [0.5, 0.6) is 0 Å². The van der Waals surface area contributed by atoms with Crippen molar-refractivity contribution in [3.05, 3.63) is 59.9 Å². The van der Waals surface area contributed by atoms with Gasteiger partial charge in [-0.2, -0.15) is 0 Å². The summed E-state index contributed by atoms with van der Waals surface area (Å²) in [5.74, 6) is 0.414. The van der Waals surface area contributed by atoms with Crippen LogP contribution in [0, 0.1) is 5.92 Å². The highest BCUT2D eigenvalue weighted by Crippen LogP contribution is 2.19. The molecule has 1 aromatic carbocycles. The van der Waals surface area contributed by atoms with E-state index < -0.39 is 0 Å². The molecule has 0 atom stereocenters. The highest BCUT2D eigenvalue weighted by atomic mass is 16.2. The van der Waals surface area contributed by atoms with Crippen LogP contribution in [0.1, 0.15) is 40.6 Å². The first-order valence-corrected chi connectivity index (χ1v) is 8.64. The number of nitrogens with zero attached hydrogens (tertiary/aromatic N) is 3. The van der Waals surface area contributed by atoms with Gasteiger partial charge in [0.05, 0.1) is 0 Å².